The van der Waals surface area contributed by atoms with E-state index in [0.29, 0.717) is 10.9 Å². The van der Waals surface area contributed by atoms with Crippen molar-refractivity contribution in [3.05, 3.63) is 41.7 Å². The number of aliphatic hydroxyl groups is 1. The van der Waals surface area contributed by atoms with Crippen LogP contribution in [0.15, 0.2) is 35.6 Å². The summed E-state index contributed by atoms with van der Waals surface area (Å²) in [6.45, 7) is 5.08. The zero-order valence-electron chi connectivity index (χ0n) is 12.7. The number of thioether (sulfide) groups is 1. The molecular weight excluding hydrogens is 284 g/mol. The van der Waals surface area contributed by atoms with Crippen molar-refractivity contribution >= 4 is 11.8 Å². The molecule has 0 saturated carbocycles. The largest absolute Gasteiger partial charge is 0.497 e. The second-order valence-corrected chi connectivity index (χ2v) is 6.39. The number of nitrogens with zero attached hydrogens (tertiary/aromatic N) is 2. The van der Waals surface area contributed by atoms with E-state index < -0.39 is 0 Å². The molecule has 5 heteroatoms. The summed E-state index contributed by atoms with van der Waals surface area (Å²) in [5.41, 5.74) is 1.90. The van der Waals surface area contributed by atoms with Gasteiger partial charge in [-0.05, 0) is 24.1 Å². The highest BCUT2D eigenvalue weighted by atomic mass is 32.2. The monoisotopic (exact) mass is 306 g/mol. The highest BCUT2D eigenvalue weighted by molar-refractivity contribution is 7.99. The van der Waals surface area contributed by atoms with E-state index >= 15 is 0 Å². The van der Waals surface area contributed by atoms with Crippen molar-refractivity contribution < 1.29 is 9.84 Å². The van der Waals surface area contributed by atoms with Crippen LogP contribution in [0.2, 0.25) is 0 Å². The minimum atomic E-state index is -0.0241. The van der Waals surface area contributed by atoms with Crippen LogP contribution in [0.4, 0.5) is 0 Å². The van der Waals surface area contributed by atoms with E-state index in [1.807, 2.05) is 18.3 Å². The maximum Gasteiger partial charge on any atom is 0.168 e. The Morgan fingerprint density at radius 2 is 2.05 bits per heavy atom. The molecule has 1 aromatic carbocycles. The third kappa shape index (κ3) is 4.25. The molecule has 2 aromatic rings. The van der Waals surface area contributed by atoms with Gasteiger partial charge >= 0.3 is 0 Å². The Kier molecular flexibility index (Phi) is 5.70. The van der Waals surface area contributed by atoms with Crippen LogP contribution in [-0.4, -0.2) is 27.0 Å². The Bertz CT molecular complexity index is 566. The molecule has 1 atom stereocenters. The first-order valence-electron chi connectivity index (χ1n) is 7.12. The quantitative estimate of drug-likeness (QED) is 0.797. The molecule has 0 radical (unpaired) electrons. The van der Waals surface area contributed by atoms with E-state index in [1.165, 1.54) is 5.56 Å². The van der Waals surface area contributed by atoms with Crippen LogP contribution in [0.3, 0.4) is 0 Å². The lowest BCUT2D eigenvalue weighted by Crippen LogP contribution is -2.03. The van der Waals surface area contributed by atoms with Crippen molar-refractivity contribution in [3.8, 4) is 5.75 Å². The summed E-state index contributed by atoms with van der Waals surface area (Å²) in [5, 5.41) is 10.8. The topological polar surface area (TPSA) is 47.3 Å². The molecule has 0 bridgehead atoms. The molecule has 21 heavy (non-hydrogen) atoms. The maximum atomic E-state index is 9.30. The molecule has 1 aromatic heterocycles. The zero-order chi connectivity index (χ0) is 15.2. The summed E-state index contributed by atoms with van der Waals surface area (Å²) in [5.74, 6) is 0.856. The first kappa shape index (κ1) is 15.9. The lowest BCUT2D eigenvalue weighted by atomic mass is 10.2. The van der Waals surface area contributed by atoms with Gasteiger partial charge in [0.15, 0.2) is 5.16 Å². The summed E-state index contributed by atoms with van der Waals surface area (Å²) >= 11 is 1.75. The molecule has 1 N–H and O–H groups in total. The van der Waals surface area contributed by atoms with Gasteiger partial charge in [0.25, 0.3) is 0 Å². The number of imidazole rings is 1. The van der Waals surface area contributed by atoms with Gasteiger partial charge in [-0.15, -0.1) is 0 Å². The fourth-order valence-electron chi connectivity index (χ4n) is 1.93. The molecule has 0 amide bonds. The molecule has 1 heterocycles. The van der Waals surface area contributed by atoms with Crippen molar-refractivity contribution in [2.45, 2.75) is 43.8 Å². The third-order valence-corrected chi connectivity index (χ3v) is 4.62. The van der Waals surface area contributed by atoms with Crippen LogP contribution < -0.4 is 4.74 Å². The normalized spacial score (nSPS) is 12.4. The summed E-state index contributed by atoms with van der Waals surface area (Å²) in [6, 6.07) is 8.02. The Hall–Kier alpha value is -1.46. The van der Waals surface area contributed by atoms with Gasteiger partial charge in [-0.3, -0.25) is 0 Å². The molecule has 114 valence electrons. The van der Waals surface area contributed by atoms with Crippen LogP contribution in [0.5, 0.6) is 5.75 Å². The average molecular weight is 306 g/mol. The van der Waals surface area contributed by atoms with Crippen molar-refractivity contribution in [1.82, 2.24) is 9.55 Å². The van der Waals surface area contributed by atoms with Crippen molar-refractivity contribution in [2.24, 2.45) is 0 Å². The van der Waals surface area contributed by atoms with Gasteiger partial charge < -0.3 is 14.4 Å². The van der Waals surface area contributed by atoms with Gasteiger partial charge in [0, 0.05) is 18.0 Å². The minimum Gasteiger partial charge on any atom is -0.497 e. The van der Waals surface area contributed by atoms with Gasteiger partial charge in [-0.1, -0.05) is 37.7 Å². The maximum absolute atomic E-state index is 9.30. The minimum absolute atomic E-state index is 0.0241. The fourth-order valence-corrected chi connectivity index (χ4v) is 2.87. The standard InChI is InChI=1S/C16H22N2O2S/c1-4-12(2)21-16-17-14(11-19)10-18(16)9-13-5-7-15(20-3)8-6-13/h5-8,10,12,19H,4,9,11H2,1-3H3/t12-/m1/s1. The van der Waals surface area contributed by atoms with Gasteiger partial charge in [0.05, 0.1) is 19.4 Å². The summed E-state index contributed by atoms with van der Waals surface area (Å²) in [6.07, 6.45) is 3.02. The number of aromatic nitrogens is 2. The molecular formula is C16H22N2O2S. The molecule has 0 aliphatic heterocycles. The molecule has 0 saturated heterocycles. The Balaban J connectivity index is 2.18. The number of hydrogen-bond donors (Lipinski definition) is 1. The molecule has 0 fully saturated rings. The van der Waals surface area contributed by atoms with Crippen molar-refractivity contribution in [1.29, 1.82) is 0 Å². The summed E-state index contributed by atoms with van der Waals surface area (Å²) in [7, 11) is 1.67. The van der Waals surface area contributed by atoms with Gasteiger partial charge in [0.2, 0.25) is 0 Å². The second-order valence-electron chi connectivity index (χ2n) is 4.99. The van der Waals surface area contributed by atoms with Gasteiger partial charge in [-0.2, -0.15) is 0 Å². The van der Waals surface area contributed by atoms with Crippen LogP contribution in [-0.2, 0) is 13.2 Å². The zero-order valence-corrected chi connectivity index (χ0v) is 13.6. The van der Waals surface area contributed by atoms with E-state index in [9.17, 15) is 5.11 Å². The smallest absolute Gasteiger partial charge is 0.168 e. The van der Waals surface area contributed by atoms with Gasteiger partial charge in [-0.25, -0.2) is 4.98 Å². The Morgan fingerprint density at radius 3 is 2.62 bits per heavy atom. The molecule has 4 nitrogen and oxygen atoms in total. The molecule has 0 aliphatic carbocycles. The highest BCUT2D eigenvalue weighted by Gasteiger charge is 2.12. The van der Waals surface area contributed by atoms with Crippen molar-refractivity contribution in [2.75, 3.05) is 7.11 Å². The first-order chi connectivity index (χ1) is 10.2. The molecule has 0 unspecified atom stereocenters. The molecule has 0 aliphatic rings. The van der Waals surface area contributed by atoms with E-state index in [4.69, 9.17) is 4.74 Å². The number of ether oxygens (including phenoxy) is 1. The van der Waals surface area contributed by atoms with Crippen molar-refractivity contribution in [3.63, 3.8) is 0 Å². The van der Waals surface area contributed by atoms with E-state index in [-0.39, 0.29) is 6.61 Å². The number of rotatable bonds is 7. The van der Waals surface area contributed by atoms with Gasteiger partial charge in [0.1, 0.15) is 5.75 Å². The third-order valence-electron chi connectivity index (χ3n) is 3.35. The van der Waals surface area contributed by atoms with Crippen LogP contribution in [0, 0.1) is 0 Å². The van der Waals surface area contributed by atoms with E-state index in [0.717, 1.165) is 23.9 Å². The second kappa shape index (κ2) is 7.52. The summed E-state index contributed by atoms with van der Waals surface area (Å²) in [4.78, 5) is 4.50. The number of benzene rings is 1. The molecule has 2 rings (SSSR count). The Morgan fingerprint density at radius 1 is 1.33 bits per heavy atom. The molecule has 0 spiro atoms. The van der Waals surface area contributed by atoms with Crippen LogP contribution in [0.1, 0.15) is 31.5 Å². The number of methoxy groups -OCH3 is 1. The predicted molar refractivity (Wildman–Crippen MR) is 85.9 cm³/mol. The summed E-state index contributed by atoms with van der Waals surface area (Å²) < 4.78 is 7.28. The lowest BCUT2D eigenvalue weighted by molar-refractivity contribution is 0.277. The Labute approximate surface area is 130 Å². The van der Waals surface area contributed by atoms with Crippen LogP contribution >= 0.6 is 11.8 Å². The number of aliphatic hydroxyl groups excluding tert-OH is 1. The fraction of sp³-hybridized carbons (Fsp3) is 0.438. The average Bonchev–Trinajstić information content (AvgIpc) is 2.89. The van der Waals surface area contributed by atoms with E-state index in [1.54, 1.807) is 18.9 Å². The van der Waals surface area contributed by atoms with E-state index in [2.05, 4.69) is 35.5 Å². The van der Waals surface area contributed by atoms with Crippen LogP contribution in [0.25, 0.3) is 0 Å². The predicted octanol–water partition coefficient (Wildman–Crippen LogP) is 3.32. The lowest BCUT2D eigenvalue weighted by Gasteiger charge is -2.11. The number of hydrogen-bond acceptors (Lipinski definition) is 4. The SMILES string of the molecule is CC[C@@H](C)Sc1nc(CO)cn1Cc1ccc(OC)cc1. The highest BCUT2D eigenvalue weighted by Crippen LogP contribution is 2.25. The first-order valence-corrected chi connectivity index (χ1v) is 8.00.